The summed E-state index contributed by atoms with van der Waals surface area (Å²) in [5.41, 5.74) is 1.72. The largest absolute Gasteiger partial charge is 0.476 e. The van der Waals surface area contributed by atoms with Crippen molar-refractivity contribution >= 4 is 5.97 Å². The Kier molecular flexibility index (Phi) is 4.14. The monoisotopic (exact) mass is 311 g/mol. The van der Waals surface area contributed by atoms with Crippen LogP contribution in [0, 0.1) is 5.82 Å². The number of aromatic nitrogens is 3. The van der Waals surface area contributed by atoms with Gasteiger partial charge in [-0.3, -0.25) is 0 Å². The molecule has 6 heteroatoms. The van der Waals surface area contributed by atoms with Crippen LogP contribution in [0.15, 0.2) is 54.6 Å². The SMILES string of the molecule is O=C(O)c1nnn(Cc2ccccc2F)c1Cc1ccccc1. The third-order valence-corrected chi connectivity index (χ3v) is 3.53. The minimum atomic E-state index is -1.14. The summed E-state index contributed by atoms with van der Waals surface area (Å²) >= 11 is 0. The van der Waals surface area contributed by atoms with Gasteiger partial charge in [0, 0.05) is 12.0 Å². The van der Waals surface area contributed by atoms with Crippen LogP contribution in [0.3, 0.4) is 0 Å². The number of hydrogen-bond donors (Lipinski definition) is 1. The zero-order valence-corrected chi connectivity index (χ0v) is 12.2. The Hall–Kier alpha value is -3.02. The molecule has 0 saturated heterocycles. The molecule has 0 aliphatic heterocycles. The lowest BCUT2D eigenvalue weighted by atomic mass is 10.1. The summed E-state index contributed by atoms with van der Waals surface area (Å²) in [7, 11) is 0. The van der Waals surface area contributed by atoms with Crippen molar-refractivity contribution in [1.29, 1.82) is 0 Å². The summed E-state index contributed by atoms with van der Waals surface area (Å²) in [6.45, 7) is 0.134. The van der Waals surface area contributed by atoms with Crippen LogP contribution in [-0.2, 0) is 13.0 Å². The van der Waals surface area contributed by atoms with Gasteiger partial charge in [0.2, 0.25) is 0 Å². The van der Waals surface area contributed by atoms with Crippen molar-refractivity contribution < 1.29 is 14.3 Å². The van der Waals surface area contributed by atoms with E-state index < -0.39 is 5.97 Å². The number of carboxylic acid groups (broad SMARTS) is 1. The highest BCUT2D eigenvalue weighted by molar-refractivity contribution is 5.86. The first-order chi connectivity index (χ1) is 11.1. The molecule has 0 unspecified atom stereocenters. The van der Waals surface area contributed by atoms with E-state index in [1.165, 1.54) is 10.7 Å². The van der Waals surface area contributed by atoms with E-state index in [2.05, 4.69) is 10.3 Å². The molecule has 0 amide bonds. The van der Waals surface area contributed by atoms with E-state index in [4.69, 9.17) is 0 Å². The average Bonchev–Trinajstić information content (AvgIpc) is 2.93. The highest BCUT2D eigenvalue weighted by Gasteiger charge is 2.20. The molecule has 0 fully saturated rings. The van der Waals surface area contributed by atoms with Crippen molar-refractivity contribution in [3.05, 3.63) is 82.9 Å². The van der Waals surface area contributed by atoms with Gasteiger partial charge in [0.15, 0.2) is 5.69 Å². The van der Waals surface area contributed by atoms with Crippen LogP contribution in [0.4, 0.5) is 4.39 Å². The Morgan fingerprint density at radius 1 is 1.09 bits per heavy atom. The van der Waals surface area contributed by atoms with Gasteiger partial charge < -0.3 is 5.11 Å². The van der Waals surface area contributed by atoms with Crippen LogP contribution in [-0.4, -0.2) is 26.1 Å². The molecule has 0 aliphatic carbocycles. The molecule has 0 bridgehead atoms. The van der Waals surface area contributed by atoms with Crippen molar-refractivity contribution in [3.63, 3.8) is 0 Å². The number of rotatable bonds is 5. The lowest BCUT2D eigenvalue weighted by Crippen LogP contribution is -2.11. The van der Waals surface area contributed by atoms with E-state index >= 15 is 0 Å². The van der Waals surface area contributed by atoms with Crippen molar-refractivity contribution in [2.45, 2.75) is 13.0 Å². The molecule has 0 spiro atoms. The van der Waals surface area contributed by atoms with Crippen LogP contribution < -0.4 is 0 Å². The number of hydrogen-bond acceptors (Lipinski definition) is 3. The molecule has 0 aliphatic rings. The number of halogens is 1. The number of carboxylic acids is 1. The van der Waals surface area contributed by atoms with Gasteiger partial charge in [-0.2, -0.15) is 0 Å². The maximum atomic E-state index is 13.8. The second-order valence-electron chi connectivity index (χ2n) is 5.10. The third kappa shape index (κ3) is 3.26. The van der Waals surface area contributed by atoms with Gasteiger partial charge in [-0.05, 0) is 11.6 Å². The molecule has 3 rings (SSSR count). The standard InChI is InChI=1S/C17H14FN3O2/c18-14-9-5-4-8-13(14)11-21-15(16(17(22)23)19-20-21)10-12-6-2-1-3-7-12/h1-9H,10-11H2,(H,22,23). The number of benzene rings is 2. The molecule has 3 aromatic rings. The van der Waals surface area contributed by atoms with Gasteiger partial charge in [0.1, 0.15) is 5.82 Å². The maximum Gasteiger partial charge on any atom is 0.358 e. The Morgan fingerprint density at radius 3 is 2.48 bits per heavy atom. The molecule has 0 saturated carbocycles. The van der Waals surface area contributed by atoms with Crippen molar-refractivity contribution in [2.24, 2.45) is 0 Å². The van der Waals surface area contributed by atoms with Crippen LogP contribution in [0.2, 0.25) is 0 Å². The van der Waals surface area contributed by atoms with E-state index in [1.807, 2.05) is 30.3 Å². The summed E-state index contributed by atoms with van der Waals surface area (Å²) in [6.07, 6.45) is 0.365. The number of aromatic carboxylic acids is 1. The summed E-state index contributed by atoms with van der Waals surface area (Å²) in [5.74, 6) is -1.50. The van der Waals surface area contributed by atoms with Crippen LogP contribution >= 0.6 is 0 Å². The van der Waals surface area contributed by atoms with Crippen molar-refractivity contribution in [3.8, 4) is 0 Å². The fourth-order valence-electron chi connectivity index (χ4n) is 2.38. The van der Waals surface area contributed by atoms with Crippen LogP contribution in [0.1, 0.15) is 27.3 Å². The lowest BCUT2D eigenvalue weighted by Gasteiger charge is -2.08. The fourth-order valence-corrected chi connectivity index (χ4v) is 2.38. The first-order valence-electron chi connectivity index (χ1n) is 7.08. The Morgan fingerprint density at radius 2 is 1.78 bits per heavy atom. The van der Waals surface area contributed by atoms with Gasteiger partial charge in [0.05, 0.1) is 12.2 Å². The molecule has 0 radical (unpaired) electrons. The van der Waals surface area contributed by atoms with Crippen molar-refractivity contribution in [1.82, 2.24) is 15.0 Å². The molecule has 116 valence electrons. The topological polar surface area (TPSA) is 68.0 Å². The average molecular weight is 311 g/mol. The minimum Gasteiger partial charge on any atom is -0.476 e. The molecule has 1 aromatic heterocycles. The van der Waals surface area contributed by atoms with E-state index in [0.29, 0.717) is 17.7 Å². The van der Waals surface area contributed by atoms with Gasteiger partial charge >= 0.3 is 5.97 Å². The molecule has 1 heterocycles. The summed E-state index contributed by atoms with van der Waals surface area (Å²) in [4.78, 5) is 11.4. The predicted octanol–water partition coefficient (Wildman–Crippen LogP) is 2.75. The highest BCUT2D eigenvalue weighted by Crippen LogP contribution is 2.16. The quantitative estimate of drug-likeness (QED) is 0.786. The van der Waals surface area contributed by atoms with Crippen molar-refractivity contribution in [2.75, 3.05) is 0 Å². The Bertz CT molecular complexity index is 831. The van der Waals surface area contributed by atoms with E-state index in [1.54, 1.807) is 18.2 Å². The van der Waals surface area contributed by atoms with Gasteiger partial charge in [-0.1, -0.05) is 53.7 Å². The summed E-state index contributed by atoms with van der Waals surface area (Å²) < 4.78 is 15.3. The fraction of sp³-hybridized carbons (Fsp3) is 0.118. The third-order valence-electron chi connectivity index (χ3n) is 3.53. The van der Waals surface area contributed by atoms with Gasteiger partial charge in [0.25, 0.3) is 0 Å². The minimum absolute atomic E-state index is 0.106. The van der Waals surface area contributed by atoms with Crippen LogP contribution in [0.5, 0.6) is 0 Å². The number of nitrogens with zero attached hydrogens (tertiary/aromatic N) is 3. The summed E-state index contributed by atoms with van der Waals surface area (Å²) in [6, 6.07) is 15.8. The number of carbonyl (C=O) groups is 1. The first-order valence-corrected chi connectivity index (χ1v) is 7.08. The van der Waals surface area contributed by atoms with E-state index in [9.17, 15) is 14.3 Å². The second kappa shape index (κ2) is 6.39. The predicted molar refractivity (Wildman–Crippen MR) is 81.7 cm³/mol. The van der Waals surface area contributed by atoms with Gasteiger partial charge in [-0.15, -0.1) is 5.10 Å². The zero-order valence-electron chi connectivity index (χ0n) is 12.2. The Labute approximate surface area is 132 Å². The van der Waals surface area contributed by atoms with Gasteiger partial charge in [-0.25, -0.2) is 13.9 Å². The highest BCUT2D eigenvalue weighted by atomic mass is 19.1. The summed E-state index contributed by atoms with van der Waals surface area (Å²) in [5, 5.41) is 16.9. The molecule has 23 heavy (non-hydrogen) atoms. The Balaban J connectivity index is 1.97. The molecule has 5 nitrogen and oxygen atoms in total. The molecule has 0 atom stereocenters. The maximum absolute atomic E-state index is 13.8. The van der Waals surface area contributed by atoms with E-state index in [0.717, 1.165) is 5.56 Å². The first kappa shape index (κ1) is 14.9. The molecule has 2 aromatic carbocycles. The zero-order chi connectivity index (χ0) is 16.2. The second-order valence-corrected chi connectivity index (χ2v) is 5.10. The van der Waals surface area contributed by atoms with Crippen LogP contribution in [0.25, 0.3) is 0 Å². The normalized spacial score (nSPS) is 10.7. The molecular formula is C17H14FN3O2. The molecular weight excluding hydrogens is 297 g/mol. The van der Waals surface area contributed by atoms with E-state index in [-0.39, 0.29) is 18.1 Å². The lowest BCUT2D eigenvalue weighted by molar-refractivity contribution is 0.0689. The smallest absolute Gasteiger partial charge is 0.358 e. The molecule has 1 N–H and O–H groups in total.